The van der Waals surface area contributed by atoms with Crippen LogP contribution in [0.5, 0.6) is 0 Å². The average Bonchev–Trinajstić information content (AvgIpc) is 3.04. The fourth-order valence-electron chi connectivity index (χ4n) is 2.93. The van der Waals surface area contributed by atoms with Crippen LogP contribution in [-0.4, -0.2) is 0 Å². The van der Waals surface area contributed by atoms with E-state index in [1.54, 1.807) is 6.42 Å². The second-order valence-electron chi connectivity index (χ2n) is 6.64. The van der Waals surface area contributed by atoms with Gasteiger partial charge in [0.1, 0.15) is 0 Å². The molecule has 0 spiro atoms. The van der Waals surface area contributed by atoms with Gasteiger partial charge in [0.25, 0.3) is 0 Å². The van der Waals surface area contributed by atoms with E-state index in [2.05, 4.69) is 20.8 Å². The van der Waals surface area contributed by atoms with Gasteiger partial charge < -0.3 is 0 Å². The Labute approximate surface area is 110 Å². The van der Waals surface area contributed by atoms with Crippen molar-refractivity contribution in [3.8, 4) is 0 Å². The van der Waals surface area contributed by atoms with Crippen LogP contribution < -0.4 is 0 Å². The summed E-state index contributed by atoms with van der Waals surface area (Å²) in [4.78, 5) is 0. The maximum atomic E-state index is 2.35. The van der Waals surface area contributed by atoms with Gasteiger partial charge in [-0.1, -0.05) is 78.6 Å². The zero-order valence-electron chi connectivity index (χ0n) is 12.5. The Balaban J connectivity index is 1.79. The van der Waals surface area contributed by atoms with Gasteiger partial charge in [-0.25, -0.2) is 0 Å². The van der Waals surface area contributed by atoms with Crippen LogP contribution in [0.2, 0.25) is 0 Å². The first-order valence-corrected chi connectivity index (χ1v) is 8.24. The van der Waals surface area contributed by atoms with Gasteiger partial charge in [-0.2, -0.15) is 0 Å². The minimum Gasteiger partial charge on any atom is -0.0654 e. The van der Waals surface area contributed by atoms with Crippen molar-refractivity contribution in [1.29, 1.82) is 0 Å². The summed E-state index contributed by atoms with van der Waals surface area (Å²) in [5.41, 5.74) is 0. The number of hydrogen-bond donors (Lipinski definition) is 0. The van der Waals surface area contributed by atoms with Crippen LogP contribution in [0.1, 0.15) is 91.4 Å². The van der Waals surface area contributed by atoms with Crippen molar-refractivity contribution in [3.05, 3.63) is 0 Å². The molecule has 0 aromatic rings. The summed E-state index contributed by atoms with van der Waals surface area (Å²) in [7, 11) is 0. The zero-order valence-corrected chi connectivity index (χ0v) is 12.5. The lowest BCUT2D eigenvalue weighted by atomic mass is 10.0. The van der Waals surface area contributed by atoms with Crippen molar-refractivity contribution < 1.29 is 0 Å². The summed E-state index contributed by atoms with van der Waals surface area (Å²) in [6, 6.07) is 0. The van der Waals surface area contributed by atoms with Gasteiger partial charge in [-0.05, 0) is 30.6 Å². The Morgan fingerprint density at radius 3 is 2.06 bits per heavy atom. The van der Waals surface area contributed by atoms with Crippen LogP contribution in [0.25, 0.3) is 0 Å². The third-order valence-electron chi connectivity index (χ3n) is 4.36. The lowest BCUT2D eigenvalue weighted by Gasteiger charge is -2.04. The minimum atomic E-state index is 0.912. The van der Waals surface area contributed by atoms with Gasteiger partial charge in [0, 0.05) is 0 Å². The van der Waals surface area contributed by atoms with Crippen LogP contribution >= 0.6 is 0 Å². The second-order valence-corrected chi connectivity index (χ2v) is 6.64. The SMILES string of the molecule is CCCCCCCCCC1CC1CCC(C)C. The van der Waals surface area contributed by atoms with Gasteiger partial charge in [-0.15, -0.1) is 0 Å². The highest BCUT2D eigenvalue weighted by molar-refractivity contribution is 4.85. The molecular formula is C17H34. The predicted octanol–water partition coefficient (Wildman–Crippen LogP) is 6.20. The molecule has 0 saturated heterocycles. The Kier molecular flexibility index (Phi) is 7.97. The van der Waals surface area contributed by atoms with Crippen LogP contribution in [0, 0.1) is 17.8 Å². The van der Waals surface area contributed by atoms with E-state index < -0.39 is 0 Å². The molecule has 0 radical (unpaired) electrons. The third kappa shape index (κ3) is 7.84. The first-order valence-electron chi connectivity index (χ1n) is 8.24. The number of hydrogen-bond acceptors (Lipinski definition) is 0. The molecule has 1 saturated carbocycles. The molecule has 0 nitrogen and oxygen atoms in total. The molecule has 102 valence electrons. The molecular weight excluding hydrogens is 204 g/mol. The maximum Gasteiger partial charge on any atom is -0.0383 e. The third-order valence-corrected chi connectivity index (χ3v) is 4.36. The molecule has 2 unspecified atom stereocenters. The zero-order chi connectivity index (χ0) is 12.5. The summed E-state index contributed by atoms with van der Waals surface area (Å²) in [5, 5.41) is 0. The molecule has 0 aromatic carbocycles. The summed E-state index contributed by atoms with van der Waals surface area (Å²) in [5.74, 6) is 3.16. The Bertz CT molecular complexity index is 171. The number of rotatable bonds is 11. The average molecular weight is 238 g/mol. The van der Waals surface area contributed by atoms with E-state index in [1.807, 2.05) is 0 Å². The van der Waals surface area contributed by atoms with Crippen molar-refractivity contribution in [3.63, 3.8) is 0 Å². The topological polar surface area (TPSA) is 0 Å². The Morgan fingerprint density at radius 1 is 0.824 bits per heavy atom. The molecule has 0 heteroatoms. The van der Waals surface area contributed by atoms with Crippen molar-refractivity contribution >= 4 is 0 Å². The van der Waals surface area contributed by atoms with E-state index in [0.717, 1.165) is 17.8 Å². The highest BCUT2D eigenvalue weighted by atomic mass is 14.4. The normalized spacial score (nSPS) is 23.3. The quantitative estimate of drug-likeness (QED) is 0.376. The Morgan fingerprint density at radius 2 is 1.41 bits per heavy atom. The summed E-state index contributed by atoms with van der Waals surface area (Å²) in [6.45, 7) is 7.01. The van der Waals surface area contributed by atoms with Crippen molar-refractivity contribution in [2.75, 3.05) is 0 Å². The van der Waals surface area contributed by atoms with Crippen LogP contribution in [0.15, 0.2) is 0 Å². The van der Waals surface area contributed by atoms with Crippen LogP contribution in [0.3, 0.4) is 0 Å². The van der Waals surface area contributed by atoms with Crippen LogP contribution in [-0.2, 0) is 0 Å². The van der Waals surface area contributed by atoms with E-state index in [4.69, 9.17) is 0 Å². The summed E-state index contributed by atoms with van der Waals surface area (Å²) in [6.07, 6.45) is 16.3. The molecule has 17 heavy (non-hydrogen) atoms. The van der Waals surface area contributed by atoms with Gasteiger partial charge in [0.15, 0.2) is 0 Å². The summed E-state index contributed by atoms with van der Waals surface area (Å²) < 4.78 is 0. The van der Waals surface area contributed by atoms with E-state index in [9.17, 15) is 0 Å². The van der Waals surface area contributed by atoms with Crippen LogP contribution in [0.4, 0.5) is 0 Å². The fourth-order valence-corrected chi connectivity index (χ4v) is 2.93. The smallest absolute Gasteiger partial charge is 0.0383 e. The molecule has 0 aromatic heterocycles. The monoisotopic (exact) mass is 238 g/mol. The van der Waals surface area contributed by atoms with E-state index >= 15 is 0 Å². The first-order chi connectivity index (χ1) is 8.24. The highest BCUT2D eigenvalue weighted by Gasteiger charge is 2.35. The number of unbranched alkanes of at least 4 members (excludes halogenated alkanes) is 6. The molecule has 0 amide bonds. The van der Waals surface area contributed by atoms with Gasteiger partial charge in [-0.3, -0.25) is 0 Å². The van der Waals surface area contributed by atoms with E-state index in [0.29, 0.717) is 0 Å². The standard InChI is InChI=1S/C17H34/c1-4-5-6-7-8-9-10-11-16-14-17(16)13-12-15(2)3/h15-17H,4-14H2,1-3H3. The molecule has 1 aliphatic carbocycles. The van der Waals surface area contributed by atoms with Gasteiger partial charge in [0.2, 0.25) is 0 Å². The van der Waals surface area contributed by atoms with Crippen molar-refractivity contribution in [1.82, 2.24) is 0 Å². The predicted molar refractivity (Wildman–Crippen MR) is 78.3 cm³/mol. The highest BCUT2D eigenvalue weighted by Crippen LogP contribution is 2.45. The van der Waals surface area contributed by atoms with Crippen molar-refractivity contribution in [2.24, 2.45) is 17.8 Å². The van der Waals surface area contributed by atoms with Gasteiger partial charge >= 0.3 is 0 Å². The molecule has 1 aliphatic rings. The first kappa shape index (κ1) is 15.1. The van der Waals surface area contributed by atoms with E-state index in [1.165, 1.54) is 64.2 Å². The largest absolute Gasteiger partial charge is 0.0654 e. The maximum absolute atomic E-state index is 2.35. The van der Waals surface area contributed by atoms with E-state index in [-0.39, 0.29) is 0 Å². The lowest BCUT2D eigenvalue weighted by molar-refractivity contribution is 0.488. The molecule has 0 heterocycles. The molecule has 2 atom stereocenters. The molecule has 1 rings (SSSR count). The second kappa shape index (κ2) is 9.00. The van der Waals surface area contributed by atoms with Gasteiger partial charge in [0.05, 0.1) is 0 Å². The molecule has 0 aliphatic heterocycles. The fraction of sp³-hybridized carbons (Fsp3) is 1.00. The molecule has 0 bridgehead atoms. The lowest BCUT2D eigenvalue weighted by Crippen LogP contribution is -1.90. The summed E-state index contributed by atoms with van der Waals surface area (Å²) >= 11 is 0. The Hall–Kier alpha value is 0. The minimum absolute atomic E-state index is 0.912. The van der Waals surface area contributed by atoms with Crippen molar-refractivity contribution in [2.45, 2.75) is 91.4 Å². The molecule has 1 fully saturated rings. The molecule has 0 N–H and O–H groups in total.